The van der Waals surface area contributed by atoms with Crippen LogP contribution in [0.1, 0.15) is 13.3 Å². The predicted octanol–water partition coefficient (Wildman–Crippen LogP) is 5.85. The van der Waals surface area contributed by atoms with Crippen LogP contribution in [0.3, 0.4) is 0 Å². The molecule has 0 fully saturated rings. The molecule has 0 aliphatic heterocycles. The van der Waals surface area contributed by atoms with Crippen LogP contribution in [0.25, 0.3) is 0 Å². The highest BCUT2D eigenvalue weighted by Gasteiger charge is 2.08. The number of para-hydroxylation sites is 1. The summed E-state index contributed by atoms with van der Waals surface area (Å²) in [4.78, 5) is 24.2. The van der Waals surface area contributed by atoms with Crippen molar-refractivity contribution in [3.05, 3.63) is 81.7 Å². The second kappa shape index (κ2) is 12.2. The Hall–Kier alpha value is -3.17. The van der Waals surface area contributed by atoms with Crippen molar-refractivity contribution in [2.24, 2.45) is 5.10 Å². The number of carbonyl (C=O) groups is 2. The Labute approximate surface area is 208 Å². The average molecular weight is 574 g/mol. The van der Waals surface area contributed by atoms with Crippen LogP contribution in [-0.4, -0.2) is 24.1 Å². The van der Waals surface area contributed by atoms with Crippen LogP contribution in [-0.2, 0) is 9.59 Å². The van der Waals surface area contributed by atoms with Crippen LogP contribution in [0.2, 0.25) is 0 Å². The zero-order valence-corrected chi connectivity index (χ0v) is 20.9. The van der Waals surface area contributed by atoms with E-state index in [9.17, 15) is 9.59 Å². The first-order valence-corrected chi connectivity index (χ1v) is 11.6. The van der Waals surface area contributed by atoms with Crippen molar-refractivity contribution >= 4 is 66.4 Å². The van der Waals surface area contributed by atoms with Gasteiger partial charge in [0.15, 0.2) is 6.61 Å². The van der Waals surface area contributed by atoms with Gasteiger partial charge in [-0.25, -0.2) is 5.43 Å². The lowest BCUT2D eigenvalue weighted by molar-refractivity contribution is -0.123. The third kappa shape index (κ3) is 8.36. The van der Waals surface area contributed by atoms with Gasteiger partial charge in [-0.3, -0.25) is 9.59 Å². The lowest BCUT2D eigenvalue weighted by atomic mass is 10.2. The summed E-state index contributed by atoms with van der Waals surface area (Å²) < 4.78 is 7.08. The SMILES string of the molecule is C/C(CC(=O)Nc1ccc(Nc2ccccc2)cc1)=N\NC(=O)COc1ccc(Br)cc1Br. The van der Waals surface area contributed by atoms with Gasteiger partial charge < -0.3 is 15.4 Å². The van der Waals surface area contributed by atoms with Gasteiger partial charge >= 0.3 is 0 Å². The Kier molecular flexibility index (Phi) is 9.03. The molecule has 0 saturated carbocycles. The van der Waals surface area contributed by atoms with E-state index in [4.69, 9.17) is 4.74 Å². The summed E-state index contributed by atoms with van der Waals surface area (Å²) >= 11 is 6.72. The molecule has 0 saturated heterocycles. The number of hydrogen-bond donors (Lipinski definition) is 3. The van der Waals surface area contributed by atoms with E-state index in [1.54, 1.807) is 13.0 Å². The van der Waals surface area contributed by atoms with Crippen LogP contribution in [0.5, 0.6) is 5.75 Å². The predicted molar refractivity (Wildman–Crippen MR) is 138 cm³/mol. The van der Waals surface area contributed by atoms with Gasteiger partial charge in [0.2, 0.25) is 5.91 Å². The Balaban J connectivity index is 1.42. The summed E-state index contributed by atoms with van der Waals surface area (Å²) in [6, 6.07) is 22.6. The van der Waals surface area contributed by atoms with Crippen LogP contribution in [0.15, 0.2) is 86.8 Å². The Bertz CT molecular complexity index is 1140. The van der Waals surface area contributed by atoms with E-state index in [2.05, 4.69) is 53.0 Å². The third-order valence-corrected chi connectivity index (χ3v) is 5.38. The zero-order chi connectivity index (χ0) is 23.6. The quantitative estimate of drug-likeness (QED) is 0.221. The van der Waals surface area contributed by atoms with Gasteiger partial charge in [0, 0.05) is 27.2 Å². The van der Waals surface area contributed by atoms with Gasteiger partial charge in [0.05, 0.1) is 10.9 Å². The van der Waals surface area contributed by atoms with Crippen LogP contribution in [0.4, 0.5) is 17.1 Å². The number of hydrazone groups is 1. The van der Waals surface area contributed by atoms with Crippen molar-refractivity contribution < 1.29 is 14.3 Å². The number of halogens is 2. The molecule has 0 aliphatic rings. The second-order valence-electron chi connectivity index (χ2n) is 7.04. The second-order valence-corrected chi connectivity index (χ2v) is 8.81. The van der Waals surface area contributed by atoms with Crippen molar-refractivity contribution in [3.63, 3.8) is 0 Å². The maximum absolute atomic E-state index is 12.3. The van der Waals surface area contributed by atoms with E-state index < -0.39 is 5.91 Å². The molecule has 33 heavy (non-hydrogen) atoms. The van der Waals surface area contributed by atoms with Crippen molar-refractivity contribution in [2.45, 2.75) is 13.3 Å². The maximum atomic E-state index is 12.3. The molecule has 9 heteroatoms. The number of anilines is 3. The Morgan fingerprint density at radius 1 is 0.879 bits per heavy atom. The highest BCUT2D eigenvalue weighted by molar-refractivity contribution is 9.11. The first-order chi connectivity index (χ1) is 15.9. The fourth-order valence-electron chi connectivity index (χ4n) is 2.73. The molecule has 0 radical (unpaired) electrons. The first-order valence-electron chi connectivity index (χ1n) is 10.0. The van der Waals surface area contributed by atoms with Gasteiger partial charge in [-0.05, 0) is 77.5 Å². The van der Waals surface area contributed by atoms with E-state index in [0.29, 0.717) is 17.1 Å². The molecule has 3 rings (SSSR count). The van der Waals surface area contributed by atoms with Gasteiger partial charge in [-0.2, -0.15) is 5.10 Å². The number of ether oxygens (including phenoxy) is 1. The summed E-state index contributed by atoms with van der Waals surface area (Å²) in [7, 11) is 0. The topological polar surface area (TPSA) is 91.8 Å². The molecule has 0 atom stereocenters. The fraction of sp³-hybridized carbons (Fsp3) is 0.125. The number of carbonyl (C=O) groups excluding carboxylic acids is 2. The molecule has 0 bridgehead atoms. The molecule has 0 heterocycles. The van der Waals surface area contributed by atoms with E-state index >= 15 is 0 Å². The summed E-state index contributed by atoms with van der Waals surface area (Å²) in [5.74, 6) is -0.117. The smallest absolute Gasteiger partial charge is 0.277 e. The monoisotopic (exact) mass is 572 g/mol. The van der Waals surface area contributed by atoms with E-state index in [0.717, 1.165) is 20.3 Å². The van der Waals surface area contributed by atoms with Gasteiger partial charge in [-0.15, -0.1) is 0 Å². The zero-order valence-electron chi connectivity index (χ0n) is 17.8. The number of benzene rings is 3. The van der Waals surface area contributed by atoms with Gasteiger partial charge in [0.25, 0.3) is 5.91 Å². The van der Waals surface area contributed by atoms with Crippen molar-refractivity contribution in [2.75, 3.05) is 17.2 Å². The Morgan fingerprint density at radius 3 is 2.24 bits per heavy atom. The van der Waals surface area contributed by atoms with E-state index in [1.165, 1.54) is 0 Å². The number of rotatable bonds is 9. The number of nitrogens with zero attached hydrogens (tertiary/aromatic N) is 1. The minimum Gasteiger partial charge on any atom is -0.483 e. The number of hydrogen-bond acceptors (Lipinski definition) is 5. The summed E-state index contributed by atoms with van der Waals surface area (Å²) in [5, 5.41) is 10.1. The van der Waals surface area contributed by atoms with Crippen LogP contribution >= 0.6 is 31.9 Å². The molecule has 0 aliphatic carbocycles. The highest BCUT2D eigenvalue weighted by atomic mass is 79.9. The minimum atomic E-state index is -0.425. The van der Waals surface area contributed by atoms with Gasteiger partial charge in [-0.1, -0.05) is 34.1 Å². The standard InChI is InChI=1S/C24H22Br2N4O3/c1-16(29-30-24(32)15-33-22-12-7-17(25)14-21(22)26)13-23(31)28-20-10-8-19(9-11-20)27-18-5-3-2-4-6-18/h2-12,14,27H,13,15H2,1H3,(H,28,31)(H,30,32)/b29-16+. The third-order valence-electron chi connectivity index (χ3n) is 4.27. The van der Waals surface area contributed by atoms with Crippen molar-refractivity contribution in [1.82, 2.24) is 5.43 Å². The van der Waals surface area contributed by atoms with E-state index in [1.807, 2.05) is 66.7 Å². The molecule has 7 nitrogen and oxygen atoms in total. The molecule has 3 aromatic rings. The highest BCUT2D eigenvalue weighted by Crippen LogP contribution is 2.28. The Morgan fingerprint density at radius 2 is 1.55 bits per heavy atom. The molecule has 0 spiro atoms. The number of amides is 2. The number of nitrogens with one attached hydrogen (secondary N) is 3. The molecule has 3 aromatic carbocycles. The fourth-order valence-corrected chi connectivity index (χ4v) is 3.89. The maximum Gasteiger partial charge on any atom is 0.277 e. The van der Waals surface area contributed by atoms with Gasteiger partial charge in [0.1, 0.15) is 5.75 Å². The molecule has 0 aromatic heterocycles. The molecule has 3 N–H and O–H groups in total. The van der Waals surface area contributed by atoms with Crippen LogP contribution in [0, 0.1) is 0 Å². The lowest BCUT2D eigenvalue weighted by Gasteiger charge is -2.09. The normalized spacial score (nSPS) is 10.9. The molecular formula is C24H22Br2N4O3. The summed E-state index contributed by atoms with van der Waals surface area (Å²) in [5.41, 5.74) is 5.43. The van der Waals surface area contributed by atoms with Crippen molar-refractivity contribution in [1.29, 1.82) is 0 Å². The van der Waals surface area contributed by atoms with E-state index in [-0.39, 0.29) is 18.9 Å². The molecule has 0 unspecified atom stereocenters. The largest absolute Gasteiger partial charge is 0.483 e. The first kappa shape index (κ1) is 24.5. The molecule has 2 amide bonds. The summed E-state index contributed by atoms with van der Waals surface area (Å²) in [6.45, 7) is 1.46. The summed E-state index contributed by atoms with van der Waals surface area (Å²) in [6.07, 6.45) is 0.0451. The molecule has 170 valence electrons. The average Bonchev–Trinajstić information content (AvgIpc) is 2.79. The lowest BCUT2D eigenvalue weighted by Crippen LogP contribution is -2.26. The van der Waals surface area contributed by atoms with Crippen molar-refractivity contribution in [3.8, 4) is 5.75 Å². The van der Waals surface area contributed by atoms with Crippen LogP contribution < -0.4 is 20.8 Å². The molecular weight excluding hydrogens is 552 g/mol. The minimum absolute atomic E-state index is 0.0451.